The normalized spacial score (nSPS) is 11.1. The van der Waals surface area contributed by atoms with Crippen LogP contribution >= 0.6 is 0 Å². The van der Waals surface area contributed by atoms with Gasteiger partial charge in [0, 0.05) is 12.2 Å². The van der Waals surface area contributed by atoms with Gasteiger partial charge in [-0.1, -0.05) is 12.1 Å². The Morgan fingerprint density at radius 3 is 2.26 bits per heavy atom. The number of aliphatic carboxylic acids is 1. The van der Waals surface area contributed by atoms with Crippen molar-refractivity contribution < 1.29 is 29.0 Å². The van der Waals surface area contributed by atoms with Crippen LogP contribution in [0.25, 0.3) is 0 Å². The zero-order chi connectivity index (χ0) is 22.8. The number of nitrogens with two attached hydrogens (primary N) is 2. The standard InChI is InChI=1S/C20H23N5O6/c21-10-15(9-17(26)27)25-20(29)30-11-12-1-7-16(8-2-12)31-18(28)13-3-5-14(6-4-13)24-19(22)23/h1-8,15H,9-11,21H2,(H,25,29)(H,26,27)(H4,22,23,24). The molecule has 0 aliphatic heterocycles. The molecule has 0 aliphatic carbocycles. The summed E-state index contributed by atoms with van der Waals surface area (Å²) in [7, 11) is 0. The maximum Gasteiger partial charge on any atom is 0.407 e. The SMILES string of the molecule is N=C(N)Nc1ccc(C(=O)Oc2ccc(COC(=O)NC(CN)CC(=O)O)cc2)cc1. The molecule has 0 spiro atoms. The van der Waals surface area contributed by atoms with Gasteiger partial charge in [0.2, 0.25) is 0 Å². The minimum Gasteiger partial charge on any atom is -0.481 e. The van der Waals surface area contributed by atoms with E-state index in [0.29, 0.717) is 22.6 Å². The number of alkyl carbamates (subject to hydrolysis) is 1. The second-order valence-electron chi connectivity index (χ2n) is 6.40. The van der Waals surface area contributed by atoms with Crippen LogP contribution in [0.15, 0.2) is 48.5 Å². The molecule has 2 rings (SSSR count). The summed E-state index contributed by atoms with van der Waals surface area (Å²) in [6, 6.07) is 11.9. The second-order valence-corrected chi connectivity index (χ2v) is 6.40. The van der Waals surface area contributed by atoms with Crippen LogP contribution in [0, 0.1) is 5.41 Å². The van der Waals surface area contributed by atoms with Gasteiger partial charge in [-0.15, -0.1) is 0 Å². The van der Waals surface area contributed by atoms with Crippen LogP contribution in [0.4, 0.5) is 10.5 Å². The molecule has 11 nitrogen and oxygen atoms in total. The number of hydrogen-bond donors (Lipinski definition) is 6. The minimum absolute atomic E-state index is 0.0303. The number of carboxylic acids is 1. The van der Waals surface area contributed by atoms with Crippen LogP contribution in [0.5, 0.6) is 5.75 Å². The molecule has 31 heavy (non-hydrogen) atoms. The second kappa shape index (κ2) is 11.2. The van der Waals surface area contributed by atoms with Crippen molar-refractivity contribution >= 4 is 29.7 Å². The third-order valence-electron chi connectivity index (χ3n) is 3.93. The molecule has 0 saturated heterocycles. The van der Waals surface area contributed by atoms with Gasteiger partial charge in [0.25, 0.3) is 0 Å². The zero-order valence-electron chi connectivity index (χ0n) is 16.5. The lowest BCUT2D eigenvalue weighted by molar-refractivity contribution is -0.137. The Labute approximate surface area is 177 Å². The van der Waals surface area contributed by atoms with E-state index in [0.717, 1.165) is 0 Å². The molecule has 0 bridgehead atoms. The number of amides is 1. The first-order valence-corrected chi connectivity index (χ1v) is 9.14. The third kappa shape index (κ3) is 8.03. The predicted molar refractivity (Wildman–Crippen MR) is 112 cm³/mol. The lowest BCUT2D eigenvalue weighted by Crippen LogP contribution is -2.41. The first kappa shape index (κ1) is 23.2. The fourth-order valence-electron chi connectivity index (χ4n) is 2.43. The molecule has 0 fully saturated rings. The van der Waals surface area contributed by atoms with E-state index in [1.807, 2.05) is 0 Å². The molecule has 8 N–H and O–H groups in total. The first-order valence-electron chi connectivity index (χ1n) is 9.14. The number of rotatable bonds is 9. The minimum atomic E-state index is -1.08. The molecule has 0 aromatic heterocycles. The maximum atomic E-state index is 12.2. The van der Waals surface area contributed by atoms with Crippen molar-refractivity contribution in [1.29, 1.82) is 5.41 Å². The average Bonchev–Trinajstić information content (AvgIpc) is 2.72. The number of ether oxygens (including phenoxy) is 2. The summed E-state index contributed by atoms with van der Waals surface area (Å²) in [5, 5.41) is 20.9. The molecule has 2 aromatic rings. The van der Waals surface area contributed by atoms with Crippen LogP contribution in [0.1, 0.15) is 22.3 Å². The van der Waals surface area contributed by atoms with E-state index >= 15 is 0 Å². The molecule has 1 atom stereocenters. The monoisotopic (exact) mass is 429 g/mol. The number of benzene rings is 2. The fourth-order valence-corrected chi connectivity index (χ4v) is 2.43. The molecular formula is C20H23N5O6. The average molecular weight is 429 g/mol. The number of hydrogen-bond acceptors (Lipinski definition) is 7. The lowest BCUT2D eigenvalue weighted by atomic mass is 10.2. The molecule has 0 radical (unpaired) electrons. The molecule has 0 aliphatic rings. The van der Waals surface area contributed by atoms with Crippen LogP contribution in [0.2, 0.25) is 0 Å². The van der Waals surface area contributed by atoms with Gasteiger partial charge in [-0.25, -0.2) is 9.59 Å². The van der Waals surface area contributed by atoms with Gasteiger partial charge in [0.15, 0.2) is 5.96 Å². The molecule has 11 heteroatoms. The van der Waals surface area contributed by atoms with Gasteiger partial charge in [-0.3, -0.25) is 10.2 Å². The Bertz CT molecular complexity index is 930. The van der Waals surface area contributed by atoms with E-state index in [9.17, 15) is 14.4 Å². The van der Waals surface area contributed by atoms with Gasteiger partial charge in [0.1, 0.15) is 12.4 Å². The van der Waals surface area contributed by atoms with Crippen molar-refractivity contribution in [3.8, 4) is 5.75 Å². The van der Waals surface area contributed by atoms with Crippen LogP contribution in [0.3, 0.4) is 0 Å². The van der Waals surface area contributed by atoms with Crippen molar-refractivity contribution in [2.45, 2.75) is 19.1 Å². The Hall–Kier alpha value is -4.12. The van der Waals surface area contributed by atoms with Crippen LogP contribution < -0.4 is 26.8 Å². The maximum absolute atomic E-state index is 12.2. The summed E-state index contributed by atoms with van der Waals surface area (Å²) in [5.41, 5.74) is 12.2. The number of carboxylic acid groups (broad SMARTS) is 1. The highest BCUT2D eigenvalue weighted by molar-refractivity contribution is 5.93. The highest BCUT2D eigenvalue weighted by atomic mass is 16.5. The van der Waals surface area contributed by atoms with Gasteiger partial charge < -0.3 is 36.7 Å². The van der Waals surface area contributed by atoms with E-state index < -0.39 is 24.1 Å². The number of esters is 1. The lowest BCUT2D eigenvalue weighted by Gasteiger charge is -2.14. The molecular weight excluding hydrogens is 406 g/mol. The Balaban J connectivity index is 1.84. The summed E-state index contributed by atoms with van der Waals surface area (Å²) in [6.07, 6.45) is -1.09. The fraction of sp³-hybridized carbons (Fsp3) is 0.200. The van der Waals surface area contributed by atoms with Crippen molar-refractivity contribution in [2.24, 2.45) is 11.5 Å². The summed E-state index contributed by atoms with van der Waals surface area (Å²) in [5.74, 6) is -1.56. The van der Waals surface area contributed by atoms with E-state index in [1.54, 1.807) is 36.4 Å². The highest BCUT2D eigenvalue weighted by Crippen LogP contribution is 2.16. The first-order chi connectivity index (χ1) is 14.8. The summed E-state index contributed by atoms with van der Waals surface area (Å²) >= 11 is 0. The number of anilines is 1. The Morgan fingerprint density at radius 1 is 1.06 bits per heavy atom. The van der Waals surface area contributed by atoms with E-state index in [-0.39, 0.29) is 25.5 Å². The van der Waals surface area contributed by atoms with Crippen LogP contribution in [-0.4, -0.2) is 41.7 Å². The van der Waals surface area contributed by atoms with E-state index in [4.69, 9.17) is 31.5 Å². The van der Waals surface area contributed by atoms with Crippen molar-refractivity contribution in [2.75, 3.05) is 11.9 Å². The number of guanidine groups is 1. The number of nitrogens with one attached hydrogen (secondary N) is 3. The quantitative estimate of drug-likeness (QED) is 0.147. The molecule has 1 unspecified atom stereocenters. The van der Waals surface area contributed by atoms with Gasteiger partial charge >= 0.3 is 18.0 Å². The van der Waals surface area contributed by atoms with Crippen molar-refractivity contribution in [1.82, 2.24) is 5.32 Å². The van der Waals surface area contributed by atoms with E-state index in [1.165, 1.54) is 12.1 Å². The number of carbonyl (C=O) groups excluding carboxylic acids is 2. The van der Waals surface area contributed by atoms with Crippen LogP contribution in [-0.2, 0) is 16.1 Å². The number of carbonyl (C=O) groups is 3. The summed E-state index contributed by atoms with van der Waals surface area (Å²) in [4.78, 5) is 34.6. The molecule has 0 saturated carbocycles. The summed E-state index contributed by atoms with van der Waals surface area (Å²) in [6.45, 7) is -0.0908. The zero-order valence-corrected chi connectivity index (χ0v) is 16.5. The Morgan fingerprint density at radius 2 is 1.71 bits per heavy atom. The Kier molecular flexibility index (Phi) is 8.34. The van der Waals surface area contributed by atoms with E-state index in [2.05, 4.69) is 10.6 Å². The van der Waals surface area contributed by atoms with Crippen molar-refractivity contribution in [3.05, 3.63) is 59.7 Å². The predicted octanol–water partition coefficient (Wildman–Crippen LogP) is 1.24. The molecule has 1 amide bonds. The molecule has 164 valence electrons. The largest absolute Gasteiger partial charge is 0.481 e. The van der Waals surface area contributed by atoms with Crippen molar-refractivity contribution in [3.63, 3.8) is 0 Å². The smallest absolute Gasteiger partial charge is 0.407 e. The van der Waals surface area contributed by atoms with Gasteiger partial charge in [-0.05, 0) is 42.0 Å². The van der Waals surface area contributed by atoms with Gasteiger partial charge in [-0.2, -0.15) is 0 Å². The topological polar surface area (TPSA) is 190 Å². The third-order valence-corrected chi connectivity index (χ3v) is 3.93. The molecule has 0 heterocycles. The summed E-state index contributed by atoms with van der Waals surface area (Å²) < 4.78 is 10.3. The highest BCUT2D eigenvalue weighted by Gasteiger charge is 2.15. The van der Waals surface area contributed by atoms with Gasteiger partial charge in [0.05, 0.1) is 18.0 Å². The molecule has 2 aromatic carbocycles.